The van der Waals surface area contributed by atoms with Crippen molar-refractivity contribution in [3.8, 4) is 5.75 Å². The molecule has 0 saturated heterocycles. The van der Waals surface area contributed by atoms with Gasteiger partial charge in [-0.1, -0.05) is 23.5 Å². The Morgan fingerprint density at radius 2 is 1.79 bits per heavy atom. The Labute approximate surface area is 166 Å². The molecule has 0 spiro atoms. The maximum absolute atomic E-state index is 6.28. The van der Waals surface area contributed by atoms with Crippen LogP contribution in [0.5, 0.6) is 5.75 Å². The smallest absolute Gasteiger partial charge is 0.189 e. The summed E-state index contributed by atoms with van der Waals surface area (Å²) in [4.78, 5) is 13.2. The van der Waals surface area contributed by atoms with Crippen molar-refractivity contribution in [2.24, 2.45) is 0 Å². The topological polar surface area (TPSA) is 98.0 Å². The molecule has 0 atom stereocenters. The van der Waals surface area contributed by atoms with E-state index < -0.39 is 0 Å². The minimum absolute atomic E-state index is 0.423. The van der Waals surface area contributed by atoms with Crippen molar-refractivity contribution in [3.63, 3.8) is 0 Å². The number of para-hydroxylation sites is 1. The molecule has 0 bridgehead atoms. The molecule has 0 radical (unpaired) electrons. The lowest BCUT2D eigenvalue weighted by atomic mass is 10.2. The number of nitrogens with zero attached hydrogens (tertiary/aromatic N) is 3. The maximum Gasteiger partial charge on any atom is 0.189 e. The molecule has 4 aromatic rings. The van der Waals surface area contributed by atoms with Gasteiger partial charge in [0.05, 0.1) is 16.8 Å². The summed E-state index contributed by atoms with van der Waals surface area (Å²) >= 11 is 1.56. The van der Waals surface area contributed by atoms with Crippen molar-refractivity contribution in [1.82, 2.24) is 15.0 Å². The molecule has 7 nitrogen and oxygen atoms in total. The van der Waals surface area contributed by atoms with Crippen LogP contribution in [0, 0.1) is 6.92 Å². The van der Waals surface area contributed by atoms with E-state index in [4.69, 9.17) is 10.5 Å². The number of nitrogen functional groups attached to an aromatic ring is 1. The van der Waals surface area contributed by atoms with Crippen molar-refractivity contribution in [3.05, 3.63) is 54.4 Å². The highest BCUT2D eigenvalue weighted by Gasteiger charge is 2.12. The molecule has 0 unspecified atom stereocenters. The third-order valence-corrected chi connectivity index (χ3v) is 5.09. The molecule has 0 aliphatic carbocycles. The van der Waals surface area contributed by atoms with Crippen LogP contribution in [-0.4, -0.2) is 21.6 Å². The summed E-state index contributed by atoms with van der Waals surface area (Å²) < 4.78 is 6.57. The van der Waals surface area contributed by atoms with Crippen LogP contribution in [0.25, 0.3) is 10.2 Å². The summed E-state index contributed by atoms with van der Waals surface area (Å²) in [5.74, 6) is 1.86. The zero-order chi connectivity index (χ0) is 19.5. The van der Waals surface area contributed by atoms with Gasteiger partial charge in [-0.25, -0.2) is 15.0 Å². The molecule has 142 valence electrons. The van der Waals surface area contributed by atoms with Gasteiger partial charge >= 0.3 is 0 Å². The van der Waals surface area contributed by atoms with E-state index in [1.54, 1.807) is 11.3 Å². The lowest BCUT2D eigenvalue weighted by Gasteiger charge is -2.12. The Kier molecular flexibility index (Phi) is 4.94. The van der Waals surface area contributed by atoms with Gasteiger partial charge in [0.15, 0.2) is 16.8 Å². The van der Waals surface area contributed by atoms with E-state index in [2.05, 4.69) is 25.6 Å². The van der Waals surface area contributed by atoms with Crippen LogP contribution in [0.4, 0.5) is 28.1 Å². The van der Waals surface area contributed by atoms with Gasteiger partial charge in [0.2, 0.25) is 0 Å². The molecule has 0 aliphatic rings. The molecular formula is C20H20N6OS. The molecule has 0 fully saturated rings. The normalized spacial score (nSPS) is 10.8. The molecule has 2 aromatic carbocycles. The van der Waals surface area contributed by atoms with Crippen LogP contribution in [0.2, 0.25) is 0 Å². The third-order valence-electron chi connectivity index (χ3n) is 4.16. The van der Waals surface area contributed by atoms with E-state index in [9.17, 15) is 0 Å². The minimum atomic E-state index is 0.423. The Morgan fingerprint density at radius 1 is 1.04 bits per heavy atom. The number of benzene rings is 2. The van der Waals surface area contributed by atoms with E-state index in [0.29, 0.717) is 23.9 Å². The first kappa shape index (κ1) is 18.0. The number of anilines is 5. The predicted molar refractivity (Wildman–Crippen MR) is 115 cm³/mol. The number of ether oxygens (including phenoxy) is 1. The van der Waals surface area contributed by atoms with Crippen LogP contribution in [0.3, 0.4) is 0 Å². The number of fused-ring (bicyclic) bond motifs is 1. The third kappa shape index (κ3) is 3.67. The zero-order valence-electron chi connectivity index (χ0n) is 15.6. The monoisotopic (exact) mass is 392 g/mol. The van der Waals surface area contributed by atoms with E-state index in [1.165, 1.54) is 6.33 Å². The van der Waals surface area contributed by atoms with Crippen molar-refractivity contribution in [2.45, 2.75) is 13.8 Å². The first-order valence-electron chi connectivity index (χ1n) is 8.87. The van der Waals surface area contributed by atoms with Gasteiger partial charge in [0, 0.05) is 5.69 Å². The Hall–Kier alpha value is -3.39. The largest absolute Gasteiger partial charge is 0.494 e. The second kappa shape index (κ2) is 7.69. The standard InChI is InChI=1S/C20H20N6OS/c1-3-27-14-9-7-13(8-10-14)24-18-16(21)19(23-11-22-18)26-20-25-17-12(2)5-4-6-15(17)28-20/h4-11H,3,21H2,1-2H3,(H2,22,23,24,25,26). The second-order valence-electron chi connectivity index (χ2n) is 6.13. The summed E-state index contributed by atoms with van der Waals surface area (Å²) in [6, 6.07) is 13.7. The number of hydrogen-bond donors (Lipinski definition) is 3. The van der Waals surface area contributed by atoms with Crippen LogP contribution >= 0.6 is 11.3 Å². The van der Waals surface area contributed by atoms with Gasteiger partial charge in [0.25, 0.3) is 0 Å². The highest BCUT2D eigenvalue weighted by molar-refractivity contribution is 7.22. The Balaban J connectivity index is 1.56. The van der Waals surface area contributed by atoms with Gasteiger partial charge in [0.1, 0.15) is 17.8 Å². The van der Waals surface area contributed by atoms with Crippen LogP contribution in [0.1, 0.15) is 12.5 Å². The second-order valence-corrected chi connectivity index (χ2v) is 7.16. The number of aryl methyl sites for hydroxylation is 1. The van der Waals surface area contributed by atoms with Crippen molar-refractivity contribution in [2.75, 3.05) is 23.0 Å². The molecule has 2 heterocycles. The Bertz CT molecular complexity index is 1110. The highest BCUT2D eigenvalue weighted by Crippen LogP contribution is 2.33. The maximum atomic E-state index is 6.28. The summed E-state index contributed by atoms with van der Waals surface area (Å²) in [7, 11) is 0. The molecule has 0 aliphatic heterocycles. The average molecular weight is 392 g/mol. The average Bonchev–Trinajstić information content (AvgIpc) is 3.11. The first-order valence-corrected chi connectivity index (χ1v) is 9.69. The van der Waals surface area contributed by atoms with E-state index in [1.807, 2.05) is 56.3 Å². The molecule has 28 heavy (non-hydrogen) atoms. The number of thiazole rings is 1. The minimum Gasteiger partial charge on any atom is -0.494 e. The summed E-state index contributed by atoms with van der Waals surface area (Å²) in [6.07, 6.45) is 1.47. The molecule has 0 saturated carbocycles. The lowest BCUT2D eigenvalue weighted by molar-refractivity contribution is 0.340. The first-order chi connectivity index (χ1) is 13.6. The summed E-state index contributed by atoms with van der Waals surface area (Å²) in [6.45, 7) is 4.63. The van der Waals surface area contributed by atoms with Crippen LogP contribution in [-0.2, 0) is 0 Å². The fraction of sp³-hybridized carbons (Fsp3) is 0.150. The number of aromatic nitrogens is 3. The van der Waals surface area contributed by atoms with Gasteiger partial charge in [-0.05, 0) is 49.7 Å². The highest BCUT2D eigenvalue weighted by atomic mass is 32.1. The van der Waals surface area contributed by atoms with Gasteiger partial charge in [-0.15, -0.1) is 0 Å². The summed E-state index contributed by atoms with van der Waals surface area (Å²) in [5, 5.41) is 7.16. The number of nitrogens with one attached hydrogen (secondary N) is 2. The predicted octanol–water partition coefficient (Wildman–Crippen LogP) is 4.86. The molecule has 4 N–H and O–H groups in total. The fourth-order valence-electron chi connectivity index (χ4n) is 2.77. The number of nitrogens with two attached hydrogens (primary N) is 1. The zero-order valence-corrected chi connectivity index (χ0v) is 16.4. The molecular weight excluding hydrogens is 372 g/mol. The number of hydrogen-bond acceptors (Lipinski definition) is 8. The molecule has 0 amide bonds. The van der Waals surface area contributed by atoms with Gasteiger partial charge in [-0.3, -0.25) is 0 Å². The molecule has 4 rings (SSSR count). The van der Waals surface area contributed by atoms with Crippen molar-refractivity contribution >= 4 is 49.7 Å². The van der Waals surface area contributed by atoms with E-state index >= 15 is 0 Å². The lowest BCUT2D eigenvalue weighted by Crippen LogP contribution is -2.05. The summed E-state index contributed by atoms with van der Waals surface area (Å²) in [5.41, 5.74) is 9.68. The van der Waals surface area contributed by atoms with Gasteiger partial charge < -0.3 is 21.1 Å². The van der Waals surface area contributed by atoms with Crippen molar-refractivity contribution in [1.29, 1.82) is 0 Å². The fourth-order valence-corrected chi connectivity index (χ4v) is 3.72. The van der Waals surface area contributed by atoms with Crippen molar-refractivity contribution < 1.29 is 4.74 Å². The van der Waals surface area contributed by atoms with Gasteiger partial charge in [-0.2, -0.15) is 0 Å². The number of rotatable bonds is 6. The van der Waals surface area contributed by atoms with E-state index in [0.717, 1.165) is 32.3 Å². The van der Waals surface area contributed by atoms with Crippen LogP contribution < -0.4 is 21.1 Å². The Morgan fingerprint density at radius 3 is 2.50 bits per heavy atom. The molecule has 2 aromatic heterocycles. The quantitative estimate of drug-likeness (QED) is 0.431. The van der Waals surface area contributed by atoms with Crippen LogP contribution in [0.15, 0.2) is 48.8 Å². The SMILES string of the molecule is CCOc1ccc(Nc2ncnc(Nc3nc4c(C)cccc4s3)c2N)cc1. The molecule has 8 heteroatoms. The van der Waals surface area contributed by atoms with E-state index in [-0.39, 0.29) is 0 Å².